The molecule has 1 aliphatic carbocycles. The quantitative estimate of drug-likeness (QED) is 0.787. The number of aromatic nitrogens is 1. The molecule has 0 aromatic carbocycles. The Morgan fingerprint density at radius 2 is 2.38 bits per heavy atom. The average molecular weight is 311 g/mol. The number of hydrogen-bond acceptors (Lipinski definition) is 4. The van der Waals surface area contributed by atoms with Gasteiger partial charge < -0.3 is 10.1 Å². The molecule has 0 spiro atoms. The summed E-state index contributed by atoms with van der Waals surface area (Å²) in [4.78, 5) is 4.49. The van der Waals surface area contributed by atoms with Crippen LogP contribution in [0.4, 0.5) is 0 Å². The predicted octanol–water partition coefficient (Wildman–Crippen LogP) is 4.04. The van der Waals surface area contributed by atoms with E-state index in [4.69, 9.17) is 4.74 Å². The number of nitrogens with zero attached hydrogens (tertiary/aromatic N) is 1. The van der Waals surface area contributed by atoms with Crippen LogP contribution in [0.2, 0.25) is 0 Å². The van der Waals surface area contributed by atoms with Gasteiger partial charge in [0.25, 0.3) is 0 Å². The fourth-order valence-corrected chi connectivity index (χ4v) is 4.33. The monoisotopic (exact) mass is 310 g/mol. The molecule has 1 aliphatic rings. The lowest BCUT2D eigenvalue weighted by Crippen LogP contribution is -2.56. The molecule has 21 heavy (non-hydrogen) atoms. The second-order valence-corrected chi connectivity index (χ2v) is 7.32. The first-order valence-corrected chi connectivity index (χ1v) is 9.34. The first-order valence-electron chi connectivity index (χ1n) is 8.46. The van der Waals surface area contributed by atoms with E-state index in [1.54, 1.807) is 11.3 Å². The minimum atomic E-state index is -0.00669. The summed E-state index contributed by atoms with van der Waals surface area (Å²) in [5.41, 5.74) is -0.00669. The molecule has 0 aliphatic heterocycles. The zero-order chi connectivity index (χ0) is 15.1. The van der Waals surface area contributed by atoms with Crippen LogP contribution in [0.3, 0.4) is 0 Å². The van der Waals surface area contributed by atoms with Crippen LogP contribution < -0.4 is 5.32 Å². The summed E-state index contributed by atoms with van der Waals surface area (Å²) in [5, 5.41) is 7.06. The lowest BCUT2D eigenvalue weighted by atomic mass is 9.73. The van der Waals surface area contributed by atoms with Crippen molar-refractivity contribution >= 4 is 11.3 Å². The summed E-state index contributed by atoms with van der Waals surface area (Å²) in [6.07, 6.45) is 9.03. The Labute approximate surface area is 133 Å². The van der Waals surface area contributed by atoms with Gasteiger partial charge in [0, 0.05) is 30.6 Å². The summed E-state index contributed by atoms with van der Waals surface area (Å²) < 4.78 is 6.36. The second-order valence-electron chi connectivity index (χ2n) is 6.34. The van der Waals surface area contributed by atoms with Gasteiger partial charge in [-0.1, -0.05) is 26.7 Å². The fraction of sp³-hybridized carbons (Fsp3) is 0.824. The molecule has 0 radical (unpaired) electrons. The molecule has 1 saturated carbocycles. The van der Waals surface area contributed by atoms with Crippen LogP contribution in [0.15, 0.2) is 11.6 Å². The van der Waals surface area contributed by atoms with Crippen LogP contribution in [0.1, 0.15) is 57.9 Å². The molecular weight excluding hydrogens is 280 g/mol. The summed E-state index contributed by atoms with van der Waals surface area (Å²) in [5.74, 6) is 0.757. The third-order valence-corrected chi connectivity index (χ3v) is 5.36. The van der Waals surface area contributed by atoms with Crippen molar-refractivity contribution < 1.29 is 4.74 Å². The van der Waals surface area contributed by atoms with Crippen molar-refractivity contribution in [3.8, 4) is 0 Å². The van der Waals surface area contributed by atoms with Gasteiger partial charge in [-0.3, -0.25) is 0 Å². The van der Waals surface area contributed by atoms with Gasteiger partial charge in [-0.05, 0) is 38.6 Å². The number of thiazole rings is 1. The van der Waals surface area contributed by atoms with Crippen molar-refractivity contribution in [1.82, 2.24) is 10.3 Å². The topological polar surface area (TPSA) is 34.2 Å². The molecule has 1 N–H and O–H groups in total. The highest BCUT2D eigenvalue weighted by molar-refractivity contribution is 7.09. The maximum Gasteiger partial charge on any atom is 0.0941 e. The molecule has 1 heterocycles. The summed E-state index contributed by atoms with van der Waals surface area (Å²) >= 11 is 1.76. The maximum atomic E-state index is 6.36. The predicted molar refractivity (Wildman–Crippen MR) is 89.9 cm³/mol. The fourth-order valence-electron chi connectivity index (χ4n) is 3.67. The van der Waals surface area contributed by atoms with E-state index in [0.717, 1.165) is 31.9 Å². The molecule has 0 bridgehead atoms. The molecule has 3 atom stereocenters. The first kappa shape index (κ1) is 16.9. The Bertz CT molecular complexity index is 392. The van der Waals surface area contributed by atoms with Crippen LogP contribution in [0.5, 0.6) is 0 Å². The van der Waals surface area contributed by atoms with Crippen LogP contribution in [-0.2, 0) is 11.2 Å². The second kappa shape index (κ2) is 8.25. The number of rotatable bonds is 8. The molecule has 2 rings (SSSR count). The van der Waals surface area contributed by atoms with Crippen molar-refractivity contribution in [3.63, 3.8) is 0 Å². The Morgan fingerprint density at radius 3 is 3.00 bits per heavy atom. The van der Waals surface area contributed by atoms with E-state index in [1.807, 2.05) is 6.20 Å². The van der Waals surface area contributed by atoms with E-state index < -0.39 is 0 Å². The summed E-state index contributed by atoms with van der Waals surface area (Å²) in [6, 6.07) is 0.381. The van der Waals surface area contributed by atoms with Gasteiger partial charge in [0.2, 0.25) is 0 Å². The maximum absolute atomic E-state index is 6.36. The molecule has 4 heteroatoms. The van der Waals surface area contributed by atoms with Crippen LogP contribution in [0.25, 0.3) is 0 Å². The molecule has 3 unspecified atom stereocenters. The van der Waals surface area contributed by atoms with E-state index in [-0.39, 0.29) is 5.60 Å². The minimum absolute atomic E-state index is 0.00669. The van der Waals surface area contributed by atoms with E-state index >= 15 is 0 Å². The van der Waals surface area contributed by atoms with Crippen LogP contribution >= 0.6 is 11.3 Å². The lowest BCUT2D eigenvalue weighted by Gasteiger charge is -2.45. The molecule has 120 valence electrons. The van der Waals surface area contributed by atoms with Crippen LogP contribution in [-0.4, -0.2) is 29.8 Å². The van der Waals surface area contributed by atoms with Crippen molar-refractivity contribution in [1.29, 1.82) is 0 Å². The first-order chi connectivity index (χ1) is 10.2. The highest BCUT2D eigenvalue weighted by Crippen LogP contribution is 2.39. The largest absolute Gasteiger partial charge is 0.374 e. The zero-order valence-corrected chi connectivity index (χ0v) is 14.5. The van der Waals surface area contributed by atoms with Gasteiger partial charge >= 0.3 is 0 Å². The minimum Gasteiger partial charge on any atom is -0.374 e. The van der Waals surface area contributed by atoms with Crippen LogP contribution in [0, 0.1) is 5.92 Å². The van der Waals surface area contributed by atoms with Gasteiger partial charge in [0.15, 0.2) is 0 Å². The standard InChI is InChI=1S/C17H30N2OS/c1-4-9-18-15(12-16-19-10-11-21-16)17(20-5-2)8-6-7-14(3)13-17/h10-11,14-15,18H,4-9,12-13H2,1-3H3. The van der Waals surface area contributed by atoms with Gasteiger partial charge in [0.1, 0.15) is 0 Å². The molecule has 0 amide bonds. The third kappa shape index (κ3) is 4.51. The smallest absolute Gasteiger partial charge is 0.0941 e. The molecule has 1 aromatic heterocycles. The van der Waals surface area contributed by atoms with Gasteiger partial charge in [-0.25, -0.2) is 4.98 Å². The molecule has 0 saturated heterocycles. The third-order valence-electron chi connectivity index (χ3n) is 4.56. The Kier molecular flexibility index (Phi) is 6.65. The Morgan fingerprint density at radius 1 is 1.52 bits per heavy atom. The van der Waals surface area contributed by atoms with Crippen molar-refractivity contribution in [2.45, 2.75) is 70.9 Å². The zero-order valence-electron chi connectivity index (χ0n) is 13.7. The van der Waals surface area contributed by atoms with Gasteiger partial charge in [-0.15, -0.1) is 11.3 Å². The van der Waals surface area contributed by atoms with E-state index in [1.165, 1.54) is 30.7 Å². The van der Waals surface area contributed by atoms with E-state index in [2.05, 4.69) is 36.5 Å². The van der Waals surface area contributed by atoms with Crippen molar-refractivity contribution in [2.75, 3.05) is 13.2 Å². The molecular formula is C17H30N2OS. The number of nitrogens with one attached hydrogen (secondary N) is 1. The highest BCUT2D eigenvalue weighted by Gasteiger charge is 2.42. The number of hydrogen-bond donors (Lipinski definition) is 1. The molecule has 1 aromatic rings. The lowest BCUT2D eigenvalue weighted by molar-refractivity contribution is -0.100. The summed E-state index contributed by atoms with van der Waals surface area (Å²) in [6.45, 7) is 8.58. The van der Waals surface area contributed by atoms with Gasteiger partial charge in [0.05, 0.1) is 10.6 Å². The van der Waals surface area contributed by atoms with Gasteiger partial charge in [-0.2, -0.15) is 0 Å². The van der Waals surface area contributed by atoms with Crippen molar-refractivity contribution in [2.24, 2.45) is 5.92 Å². The average Bonchev–Trinajstić information content (AvgIpc) is 2.96. The highest BCUT2D eigenvalue weighted by atomic mass is 32.1. The Balaban J connectivity index is 2.16. The normalized spacial score (nSPS) is 27.7. The molecule has 3 nitrogen and oxygen atoms in total. The molecule has 1 fully saturated rings. The number of ether oxygens (including phenoxy) is 1. The van der Waals surface area contributed by atoms with E-state index in [9.17, 15) is 0 Å². The summed E-state index contributed by atoms with van der Waals surface area (Å²) in [7, 11) is 0. The Hall–Kier alpha value is -0.450. The SMILES string of the molecule is CCCNC(Cc1nccs1)C1(OCC)CCCC(C)C1. The van der Waals surface area contributed by atoms with Crippen molar-refractivity contribution in [3.05, 3.63) is 16.6 Å². The van der Waals surface area contributed by atoms with E-state index in [0.29, 0.717) is 6.04 Å².